The van der Waals surface area contributed by atoms with Crippen LogP contribution in [-0.4, -0.2) is 104 Å². The van der Waals surface area contributed by atoms with Gasteiger partial charge in [-0.3, -0.25) is 28.9 Å². The van der Waals surface area contributed by atoms with Gasteiger partial charge in [0, 0.05) is 19.5 Å². The first kappa shape index (κ1) is 40.6. The quantitative estimate of drug-likeness (QED) is 0.152. The molecule has 0 aromatic heterocycles. The Kier molecular flexibility index (Phi) is 15.3. The Labute approximate surface area is 308 Å². The second-order valence-corrected chi connectivity index (χ2v) is 14.7. The van der Waals surface area contributed by atoms with E-state index >= 15 is 0 Å². The number of carbonyl (C=O) groups excluding carboxylic acids is 5. The van der Waals surface area contributed by atoms with E-state index in [1.807, 2.05) is 93.3 Å². The zero-order chi connectivity index (χ0) is 37.7. The Morgan fingerprint density at radius 1 is 0.769 bits per heavy atom. The minimum absolute atomic E-state index is 0.118. The lowest BCUT2D eigenvalue weighted by Crippen LogP contribution is -2.60. The molecule has 12 nitrogen and oxygen atoms in total. The highest BCUT2D eigenvalue weighted by Gasteiger charge is 2.50. The average Bonchev–Trinajstić information content (AvgIpc) is 3.90. The standard InChI is InChI=1S/C40H57N5O7/c1-6-28(4)35(44-37(48)31(18-17-29-13-9-7-10-14-29)41-34(46)25-45-19-21-51-22-20-45)39(50)43-33(24-30-15-11-8-12-16-30)38(49)42-32(23-27(2)3)36(47)40(5)26-52-40/h7-16,27-28,31-33,35H,6,17-26H2,1-5H3,(H,41,46)(H,42,49)(H,43,50)(H,44,48)/t28?,31-,32+,33-,35-,40+/m0/s1. The molecule has 2 fully saturated rings. The van der Waals surface area contributed by atoms with Crippen molar-refractivity contribution in [2.75, 3.05) is 39.5 Å². The van der Waals surface area contributed by atoms with Gasteiger partial charge in [0.25, 0.3) is 0 Å². The summed E-state index contributed by atoms with van der Waals surface area (Å²) in [5, 5.41) is 11.7. The molecule has 52 heavy (non-hydrogen) atoms. The van der Waals surface area contributed by atoms with Crippen LogP contribution in [0.4, 0.5) is 0 Å². The van der Waals surface area contributed by atoms with Crippen molar-refractivity contribution in [2.45, 2.75) is 96.5 Å². The predicted octanol–water partition coefficient (Wildman–Crippen LogP) is 2.58. The monoisotopic (exact) mass is 719 g/mol. The van der Waals surface area contributed by atoms with E-state index in [0.717, 1.165) is 11.1 Å². The van der Waals surface area contributed by atoms with Gasteiger partial charge in [0.1, 0.15) is 23.7 Å². The number of benzene rings is 2. The fourth-order valence-corrected chi connectivity index (χ4v) is 6.30. The number of hydrogen-bond donors (Lipinski definition) is 4. The Morgan fingerprint density at radius 3 is 1.92 bits per heavy atom. The minimum atomic E-state index is -1.03. The lowest BCUT2D eigenvalue weighted by Gasteiger charge is -2.30. The molecule has 4 N–H and O–H groups in total. The summed E-state index contributed by atoms with van der Waals surface area (Å²) in [6.45, 7) is 12.2. The minimum Gasteiger partial charge on any atom is -0.379 e. The Hall–Kier alpha value is -4.13. The molecule has 4 rings (SSSR count). The van der Waals surface area contributed by atoms with Gasteiger partial charge in [0.05, 0.1) is 32.4 Å². The van der Waals surface area contributed by atoms with Crippen molar-refractivity contribution in [1.82, 2.24) is 26.2 Å². The number of carbonyl (C=O) groups is 5. The highest BCUT2D eigenvalue weighted by Crippen LogP contribution is 2.29. The molecule has 4 amide bonds. The maximum absolute atomic E-state index is 14.1. The second kappa shape index (κ2) is 19.6. The van der Waals surface area contributed by atoms with E-state index in [9.17, 15) is 24.0 Å². The van der Waals surface area contributed by atoms with Crippen molar-refractivity contribution in [2.24, 2.45) is 11.8 Å². The van der Waals surface area contributed by atoms with Crippen molar-refractivity contribution in [3.63, 3.8) is 0 Å². The van der Waals surface area contributed by atoms with Crippen LogP contribution < -0.4 is 21.3 Å². The van der Waals surface area contributed by atoms with Gasteiger partial charge < -0.3 is 30.7 Å². The third-order valence-electron chi connectivity index (χ3n) is 9.83. The van der Waals surface area contributed by atoms with Crippen LogP contribution in [-0.2, 0) is 46.3 Å². The molecular weight excluding hydrogens is 662 g/mol. The molecule has 284 valence electrons. The van der Waals surface area contributed by atoms with E-state index in [2.05, 4.69) is 21.3 Å². The fraction of sp³-hybridized carbons (Fsp3) is 0.575. The van der Waals surface area contributed by atoms with Gasteiger partial charge in [-0.25, -0.2) is 0 Å². The van der Waals surface area contributed by atoms with Crippen molar-refractivity contribution < 1.29 is 33.4 Å². The molecule has 1 unspecified atom stereocenters. The van der Waals surface area contributed by atoms with E-state index in [-0.39, 0.29) is 36.5 Å². The largest absolute Gasteiger partial charge is 0.379 e. The van der Waals surface area contributed by atoms with Crippen LogP contribution in [0.3, 0.4) is 0 Å². The molecule has 0 bridgehead atoms. The van der Waals surface area contributed by atoms with E-state index in [4.69, 9.17) is 9.47 Å². The highest BCUT2D eigenvalue weighted by molar-refractivity contribution is 5.99. The number of hydrogen-bond acceptors (Lipinski definition) is 8. The molecule has 12 heteroatoms. The Bertz CT molecular complexity index is 1480. The second-order valence-electron chi connectivity index (χ2n) is 14.7. The molecule has 0 spiro atoms. The van der Waals surface area contributed by atoms with Gasteiger partial charge in [-0.05, 0) is 49.1 Å². The third-order valence-corrected chi connectivity index (χ3v) is 9.83. The van der Waals surface area contributed by atoms with E-state index in [1.165, 1.54) is 0 Å². The summed E-state index contributed by atoms with van der Waals surface area (Å²) < 4.78 is 10.8. The van der Waals surface area contributed by atoms with Crippen LogP contribution in [0.2, 0.25) is 0 Å². The van der Waals surface area contributed by atoms with Gasteiger partial charge >= 0.3 is 0 Å². The first-order chi connectivity index (χ1) is 24.9. The molecule has 2 aliphatic rings. The normalized spacial score (nSPS) is 20.1. The van der Waals surface area contributed by atoms with Crippen molar-refractivity contribution in [3.8, 4) is 0 Å². The van der Waals surface area contributed by atoms with Gasteiger partial charge in [0.15, 0.2) is 5.78 Å². The zero-order valence-electron chi connectivity index (χ0n) is 31.3. The summed E-state index contributed by atoms with van der Waals surface area (Å²) in [5.74, 6) is -2.15. The molecule has 2 heterocycles. The smallest absolute Gasteiger partial charge is 0.243 e. The number of rotatable bonds is 20. The van der Waals surface area contributed by atoms with Gasteiger partial charge in [0.2, 0.25) is 23.6 Å². The number of nitrogens with zero attached hydrogens (tertiary/aromatic N) is 1. The third kappa shape index (κ3) is 12.5. The van der Waals surface area contributed by atoms with Crippen molar-refractivity contribution in [3.05, 3.63) is 71.8 Å². The van der Waals surface area contributed by atoms with Crippen molar-refractivity contribution >= 4 is 29.4 Å². The van der Waals surface area contributed by atoms with Gasteiger partial charge in [-0.1, -0.05) is 94.8 Å². The first-order valence-corrected chi connectivity index (χ1v) is 18.6. The number of morpholine rings is 1. The Morgan fingerprint density at radius 2 is 1.35 bits per heavy atom. The SMILES string of the molecule is CCC(C)[C@H](NC(=O)[C@H](CCc1ccccc1)NC(=O)CN1CCOCC1)C(=O)N[C@@H](Cc1ccccc1)C(=O)N[C@H](CC(C)C)C(=O)[C@@]1(C)CO1. The number of ketones is 1. The molecular formula is C40H57N5O7. The maximum Gasteiger partial charge on any atom is 0.243 e. The molecule has 2 aliphatic heterocycles. The molecule has 0 radical (unpaired) electrons. The van der Waals surface area contributed by atoms with Crippen LogP contribution >= 0.6 is 0 Å². The first-order valence-electron chi connectivity index (χ1n) is 18.6. The highest BCUT2D eigenvalue weighted by atomic mass is 16.6. The van der Waals surface area contributed by atoms with E-state index < -0.39 is 47.5 Å². The number of Topliss-reactive ketones (excluding diaryl/α,β-unsaturated/α-hetero) is 1. The summed E-state index contributed by atoms with van der Waals surface area (Å²) in [6.07, 6.45) is 2.02. The van der Waals surface area contributed by atoms with Gasteiger partial charge in [-0.15, -0.1) is 0 Å². The lowest BCUT2D eigenvalue weighted by atomic mass is 9.92. The number of aryl methyl sites for hydroxylation is 1. The molecule has 6 atom stereocenters. The molecule has 2 saturated heterocycles. The summed E-state index contributed by atoms with van der Waals surface area (Å²) in [6, 6.07) is 15.3. The molecule has 2 aromatic carbocycles. The summed E-state index contributed by atoms with van der Waals surface area (Å²) in [4.78, 5) is 70.6. The van der Waals surface area contributed by atoms with Crippen LogP contribution in [0.15, 0.2) is 60.7 Å². The van der Waals surface area contributed by atoms with Crippen LogP contribution in [0.5, 0.6) is 0 Å². The molecule has 0 saturated carbocycles. The number of nitrogens with one attached hydrogen (secondary N) is 4. The lowest BCUT2D eigenvalue weighted by molar-refractivity contribution is -0.136. The number of ether oxygens (including phenoxy) is 2. The van der Waals surface area contributed by atoms with E-state index in [0.29, 0.717) is 58.6 Å². The van der Waals surface area contributed by atoms with Gasteiger partial charge in [-0.2, -0.15) is 0 Å². The zero-order valence-corrected chi connectivity index (χ0v) is 31.3. The summed E-state index contributed by atoms with van der Waals surface area (Å²) in [7, 11) is 0. The van der Waals surface area contributed by atoms with E-state index in [1.54, 1.807) is 6.92 Å². The number of amides is 4. The van der Waals surface area contributed by atoms with Crippen LogP contribution in [0, 0.1) is 11.8 Å². The number of epoxide rings is 1. The molecule has 2 aromatic rings. The topological polar surface area (TPSA) is 158 Å². The Balaban J connectivity index is 1.52. The van der Waals surface area contributed by atoms with Crippen molar-refractivity contribution in [1.29, 1.82) is 0 Å². The fourth-order valence-electron chi connectivity index (χ4n) is 6.30. The average molecular weight is 720 g/mol. The maximum atomic E-state index is 14.1. The van der Waals surface area contributed by atoms with Crippen LogP contribution in [0.25, 0.3) is 0 Å². The summed E-state index contributed by atoms with van der Waals surface area (Å²) >= 11 is 0. The molecule has 0 aliphatic carbocycles. The van der Waals surface area contributed by atoms with Crippen LogP contribution in [0.1, 0.15) is 65.0 Å². The summed E-state index contributed by atoms with van der Waals surface area (Å²) in [5.41, 5.74) is 0.913. The predicted molar refractivity (Wildman–Crippen MR) is 198 cm³/mol.